The molecule has 3 aromatic heterocycles. The molecule has 0 radical (unpaired) electrons. The highest BCUT2D eigenvalue weighted by atomic mass is 32.1. The van der Waals surface area contributed by atoms with Crippen LogP contribution in [0.25, 0.3) is 16.9 Å². The zero-order valence-electron chi connectivity index (χ0n) is 19.4. The first-order valence-electron chi connectivity index (χ1n) is 11.4. The molecule has 10 heteroatoms. The van der Waals surface area contributed by atoms with Crippen molar-refractivity contribution in [2.45, 2.75) is 59.5 Å². The van der Waals surface area contributed by atoms with Gasteiger partial charge in [0.25, 0.3) is 11.1 Å². The maximum atomic E-state index is 13.5. The van der Waals surface area contributed by atoms with Gasteiger partial charge in [-0.25, -0.2) is 13.8 Å². The van der Waals surface area contributed by atoms with Crippen LogP contribution in [0.2, 0.25) is 0 Å². The number of aromatic hydroxyl groups is 1. The fourth-order valence-electron chi connectivity index (χ4n) is 4.02. The highest BCUT2D eigenvalue weighted by molar-refractivity contribution is 7.80. The molecule has 0 spiro atoms. The molecule has 1 N–H and O–H groups in total. The third-order valence-electron chi connectivity index (χ3n) is 5.97. The van der Waals surface area contributed by atoms with Crippen LogP contribution in [-0.2, 0) is 13.1 Å². The van der Waals surface area contributed by atoms with Gasteiger partial charge in [-0.3, -0.25) is 18.7 Å². The van der Waals surface area contributed by atoms with Gasteiger partial charge in [0.15, 0.2) is 11.2 Å². The van der Waals surface area contributed by atoms with E-state index < -0.39 is 22.7 Å². The fourth-order valence-corrected chi connectivity index (χ4v) is 4.33. The Balaban J connectivity index is 2.19. The van der Waals surface area contributed by atoms with Gasteiger partial charge < -0.3 is 5.11 Å². The number of benzene rings is 1. The molecular weight excluding hydrogens is 454 g/mol. The minimum atomic E-state index is -0.556. The highest BCUT2D eigenvalue weighted by Gasteiger charge is 2.25. The summed E-state index contributed by atoms with van der Waals surface area (Å²) in [6.45, 7) is 6.06. The van der Waals surface area contributed by atoms with Crippen molar-refractivity contribution in [3.05, 3.63) is 72.7 Å². The van der Waals surface area contributed by atoms with Crippen LogP contribution in [0.3, 0.4) is 0 Å². The van der Waals surface area contributed by atoms with Crippen molar-refractivity contribution < 1.29 is 5.11 Å². The van der Waals surface area contributed by atoms with Crippen molar-refractivity contribution in [2.24, 2.45) is 0 Å². The van der Waals surface area contributed by atoms with E-state index in [2.05, 4.69) is 4.98 Å². The highest BCUT2D eigenvalue weighted by Crippen LogP contribution is 2.22. The van der Waals surface area contributed by atoms with Gasteiger partial charge in [0.05, 0.1) is 5.56 Å². The van der Waals surface area contributed by atoms with Crippen molar-refractivity contribution in [1.82, 2.24) is 23.1 Å². The van der Waals surface area contributed by atoms with Crippen molar-refractivity contribution in [1.29, 1.82) is 0 Å². The Bertz CT molecular complexity index is 1580. The number of hydrogen-bond donors (Lipinski definition) is 1. The number of unbranched alkanes of at least 4 members (excludes halogenated alkanes) is 2. The van der Waals surface area contributed by atoms with Gasteiger partial charge in [-0.1, -0.05) is 69.2 Å². The largest absolute Gasteiger partial charge is 0.494 e. The molecule has 0 aliphatic carbocycles. The molecule has 0 amide bonds. The minimum absolute atomic E-state index is 0.00746. The second-order valence-corrected chi connectivity index (χ2v) is 8.66. The molecule has 178 valence electrons. The molecule has 0 saturated carbocycles. The normalized spacial score (nSPS) is 11.5. The second-order valence-electron chi connectivity index (χ2n) is 8.28. The van der Waals surface area contributed by atoms with Crippen LogP contribution in [0.4, 0.5) is 0 Å². The number of rotatable bonds is 7. The molecule has 0 atom stereocenters. The Hall–Kier alpha value is -3.53. The first kappa shape index (κ1) is 23.6. The van der Waals surface area contributed by atoms with Crippen LogP contribution in [0.5, 0.6) is 5.88 Å². The van der Waals surface area contributed by atoms with E-state index in [9.17, 15) is 19.5 Å². The summed E-state index contributed by atoms with van der Waals surface area (Å²) in [5, 5.41) is 11.0. The maximum absolute atomic E-state index is 13.5. The average Bonchev–Trinajstić information content (AvgIpc) is 3.23. The Labute approximate surface area is 200 Å². The lowest BCUT2D eigenvalue weighted by Gasteiger charge is -2.13. The summed E-state index contributed by atoms with van der Waals surface area (Å²) in [6.07, 6.45) is 3.00. The molecule has 0 aliphatic rings. The van der Waals surface area contributed by atoms with Crippen molar-refractivity contribution in [3.63, 3.8) is 0 Å². The number of nitrogens with zero attached hydrogens (tertiary/aromatic N) is 5. The van der Waals surface area contributed by atoms with E-state index in [1.165, 1.54) is 25.0 Å². The van der Waals surface area contributed by atoms with Gasteiger partial charge >= 0.3 is 5.69 Å². The van der Waals surface area contributed by atoms with Gasteiger partial charge in [0, 0.05) is 18.7 Å². The number of imidazole rings is 1. The molecule has 34 heavy (non-hydrogen) atoms. The number of fused-ring (bicyclic) bond motifs is 3. The van der Waals surface area contributed by atoms with E-state index in [0.29, 0.717) is 24.9 Å². The Morgan fingerprint density at radius 2 is 1.59 bits per heavy atom. The lowest BCUT2D eigenvalue weighted by atomic mass is 10.2. The van der Waals surface area contributed by atoms with Crippen molar-refractivity contribution in [2.75, 3.05) is 0 Å². The van der Waals surface area contributed by atoms with Crippen LogP contribution in [0.1, 0.15) is 50.7 Å². The van der Waals surface area contributed by atoms with E-state index in [1.54, 1.807) is 24.3 Å². The van der Waals surface area contributed by atoms with Crippen molar-refractivity contribution in [3.8, 4) is 5.88 Å². The number of thiocarbonyl (C=S) groups is 1. The molecule has 0 aliphatic heterocycles. The predicted octanol–water partition coefficient (Wildman–Crippen LogP) is 2.81. The van der Waals surface area contributed by atoms with E-state index in [4.69, 9.17) is 12.2 Å². The summed E-state index contributed by atoms with van der Waals surface area (Å²) in [5.41, 5.74) is -0.730. The van der Waals surface area contributed by atoms with Gasteiger partial charge in [0.2, 0.25) is 11.7 Å². The smallest absolute Gasteiger partial charge is 0.332 e. The summed E-state index contributed by atoms with van der Waals surface area (Å²) < 4.78 is 5.10. The van der Waals surface area contributed by atoms with Gasteiger partial charge in [0.1, 0.15) is 4.99 Å². The number of hydrogen-bond acceptors (Lipinski definition) is 6. The first-order chi connectivity index (χ1) is 16.3. The minimum Gasteiger partial charge on any atom is -0.494 e. The van der Waals surface area contributed by atoms with Crippen LogP contribution >= 0.6 is 12.2 Å². The Morgan fingerprint density at radius 1 is 0.971 bits per heavy atom. The third-order valence-corrected chi connectivity index (χ3v) is 6.39. The summed E-state index contributed by atoms with van der Waals surface area (Å²) >= 11 is 5.63. The van der Waals surface area contributed by atoms with E-state index in [0.717, 1.165) is 12.8 Å². The second kappa shape index (κ2) is 9.38. The van der Waals surface area contributed by atoms with Crippen LogP contribution < -0.4 is 16.8 Å². The number of aryl methyl sites for hydroxylation is 1. The maximum Gasteiger partial charge on any atom is 0.332 e. The Kier molecular flexibility index (Phi) is 6.52. The molecule has 9 nitrogen and oxygen atoms in total. The predicted molar refractivity (Wildman–Crippen MR) is 135 cm³/mol. The molecule has 4 rings (SSSR count). The van der Waals surface area contributed by atoms with Crippen molar-refractivity contribution >= 4 is 34.1 Å². The van der Waals surface area contributed by atoms with Gasteiger partial charge in [-0.2, -0.15) is 4.98 Å². The summed E-state index contributed by atoms with van der Waals surface area (Å²) in [6, 6.07) is 8.97. The molecular formula is C24H27N5O4S. The average molecular weight is 482 g/mol. The molecule has 4 aromatic rings. The molecule has 0 unspecified atom stereocenters. The molecule has 3 heterocycles. The van der Waals surface area contributed by atoms with Gasteiger partial charge in [-0.05, 0) is 19.8 Å². The topological polar surface area (TPSA) is 104 Å². The molecule has 0 saturated heterocycles. The van der Waals surface area contributed by atoms with E-state index in [1.807, 2.05) is 19.9 Å². The molecule has 1 aromatic carbocycles. The third kappa shape index (κ3) is 3.67. The fraction of sp³-hybridized carbons (Fsp3) is 0.375. The van der Waals surface area contributed by atoms with Crippen LogP contribution in [-0.4, -0.2) is 33.2 Å². The zero-order chi connectivity index (χ0) is 24.6. The summed E-state index contributed by atoms with van der Waals surface area (Å²) in [5.74, 6) is -0.401. The standard InChI is InChI=1S/C24H27N5O4S/c1-4-6-13-26-18-17(21(32)27(24(26)33)14-7-5-2)28-19(30)15(3)20(31)29(23(28)25-18)22(34)16-11-9-8-10-12-16/h8-12,30H,4-7,13-14H2,1-3H3. The number of aromatic nitrogens is 5. The van der Waals surface area contributed by atoms with E-state index in [-0.39, 0.29) is 34.0 Å². The summed E-state index contributed by atoms with van der Waals surface area (Å²) in [4.78, 5) is 44.7. The lowest BCUT2D eigenvalue weighted by molar-refractivity contribution is 0.439. The SMILES string of the molecule is CCCCn1c(=O)c2c(nc3n(C(=S)c4ccccc4)c(=O)c(C)c(O)n23)n(CCCC)c1=O. The molecule has 0 bridgehead atoms. The van der Waals surface area contributed by atoms with E-state index >= 15 is 0 Å². The van der Waals surface area contributed by atoms with Crippen LogP contribution in [0, 0.1) is 6.92 Å². The lowest BCUT2D eigenvalue weighted by Crippen LogP contribution is -2.40. The molecule has 0 fully saturated rings. The quantitative estimate of drug-likeness (QED) is 0.407. The zero-order valence-corrected chi connectivity index (χ0v) is 20.3. The van der Waals surface area contributed by atoms with Gasteiger partial charge in [-0.15, -0.1) is 0 Å². The first-order valence-corrected chi connectivity index (χ1v) is 11.8. The van der Waals surface area contributed by atoms with Crippen LogP contribution in [0.15, 0.2) is 44.7 Å². The Morgan fingerprint density at radius 3 is 2.21 bits per heavy atom. The summed E-state index contributed by atoms with van der Waals surface area (Å²) in [7, 11) is 0. The monoisotopic (exact) mass is 481 g/mol.